The summed E-state index contributed by atoms with van der Waals surface area (Å²) in [6, 6.07) is 0. The third-order valence-corrected chi connectivity index (χ3v) is 10.6. The Hall–Kier alpha value is 0.0969. The molecule has 4 aliphatic carbocycles. The zero-order valence-corrected chi connectivity index (χ0v) is 19.7. The molecule has 152 valence electrons. The minimum atomic E-state index is -2.95. The molecule has 3 nitrogen and oxygen atoms in total. The topological polar surface area (TPSA) is 27.7 Å². The Bertz CT molecular complexity index is 445. The minimum absolute atomic E-state index is 0.107. The smallest absolute Gasteiger partial charge is 0.368 e. The molecular weight excluding hydrogens is 340 g/mol. The van der Waals surface area contributed by atoms with Crippen LogP contribution in [0.25, 0.3) is 0 Å². The average molecular weight is 383 g/mol. The highest BCUT2D eigenvalue weighted by atomic mass is 28.4. The molecular formula is C22H42O3Si. The van der Waals surface area contributed by atoms with Crippen LogP contribution < -0.4 is 0 Å². The largest absolute Gasteiger partial charge is 0.508 e. The summed E-state index contributed by atoms with van der Waals surface area (Å²) < 4.78 is 20.9. The van der Waals surface area contributed by atoms with Gasteiger partial charge in [0.25, 0.3) is 0 Å². The Kier molecular flexibility index (Phi) is 5.04. The van der Waals surface area contributed by atoms with E-state index >= 15 is 0 Å². The van der Waals surface area contributed by atoms with Crippen molar-refractivity contribution in [3.05, 3.63) is 0 Å². The van der Waals surface area contributed by atoms with E-state index in [1.54, 1.807) is 0 Å². The molecule has 0 radical (unpaired) electrons. The molecule has 0 atom stereocenters. The van der Waals surface area contributed by atoms with Crippen molar-refractivity contribution in [2.45, 2.75) is 123 Å². The summed E-state index contributed by atoms with van der Waals surface area (Å²) in [5.74, 6) is 2.55. The standard InChI is InChI=1S/C22H42O3Si/c1-19(2,3)23-26(24-20(4,5)6,25-21(7,8)9)22-13-16-10-17(14-22)12-18(11-16)15-22/h16-18H,10-15H2,1-9H3. The summed E-state index contributed by atoms with van der Waals surface area (Å²) in [7, 11) is -2.95. The van der Waals surface area contributed by atoms with E-state index in [-0.39, 0.29) is 21.8 Å². The Morgan fingerprint density at radius 3 is 1.08 bits per heavy atom. The molecule has 4 aliphatic rings. The third-order valence-electron chi connectivity index (χ3n) is 6.01. The molecule has 0 unspecified atom stereocenters. The van der Waals surface area contributed by atoms with Gasteiger partial charge >= 0.3 is 8.80 Å². The highest BCUT2D eigenvalue weighted by Crippen LogP contribution is 2.69. The summed E-state index contributed by atoms with van der Waals surface area (Å²) in [4.78, 5) is 0. The van der Waals surface area contributed by atoms with Gasteiger partial charge in [-0.2, -0.15) is 0 Å². The van der Waals surface area contributed by atoms with Crippen LogP contribution in [0.4, 0.5) is 0 Å². The van der Waals surface area contributed by atoms with Gasteiger partial charge in [0.05, 0.1) is 16.8 Å². The van der Waals surface area contributed by atoms with Crippen molar-refractivity contribution in [1.82, 2.24) is 0 Å². The Morgan fingerprint density at radius 1 is 0.577 bits per heavy atom. The van der Waals surface area contributed by atoms with Crippen molar-refractivity contribution in [3.8, 4) is 0 Å². The molecule has 4 rings (SSSR count). The predicted octanol–water partition coefficient (Wildman–Crippen LogP) is 6.34. The summed E-state index contributed by atoms with van der Waals surface area (Å²) in [6.45, 7) is 19.4. The van der Waals surface area contributed by atoms with Crippen LogP contribution in [-0.2, 0) is 13.3 Å². The van der Waals surface area contributed by atoms with E-state index in [1.165, 1.54) is 38.5 Å². The highest BCUT2D eigenvalue weighted by molar-refractivity contribution is 6.64. The first-order chi connectivity index (χ1) is 11.6. The van der Waals surface area contributed by atoms with Crippen molar-refractivity contribution in [3.63, 3.8) is 0 Å². The van der Waals surface area contributed by atoms with Gasteiger partial charge in [-0.1, -0.05) is 0 Å². The zero-order valence-electron chi connectivity index (χ0n) is 18.7. The molecule has 0 aromatic heterocycles. The van der Waals surface area contributed by atoms with Crippen LogP contribution in [-0.4, -0.2) is 25.6 Å². The fraction of sp³-hybridized carbons (Fsp3) is 1.00. The summed E-state index contributed by atoms with van der Waals surface area (Å²) in [5.41, 5.74) is -0.815. The second-order valence-corrected chi connectivity index (χ2v) is 15.2. The van der Waals surface area contributed by atoms with E-state index in [0.717, 1.165) is 17.8 Å². The normalized spacial score (nSPS) is 35.2. The first kappa shape index (κ1) is 20.8. The van der Waals surface area contributed by atoms with Crippen molar-refractivity contribution in [2.24, 2.45) is 17.8 Å². The molecule has 0 aromatic carbocycles. The second kappa shape index (κ2) is 6.30. The Balaban J connectivity index is 2.08. The highest BCUT2D eigenvalue weighted by Gasteiger charge is 2.70. The Labute approximate surface area is 162 Å². The van der Waals surface area contributed by atoms with Crippen LogP contribution in [0.3, 0.4) is 0 Å². The molecule has 26 heavy (non-hydrogen) atoms. The van der Waals surface area contributed by atoms with Crippen LogP contribution in [0.15, 0.2) is 0 Å². The molecule has 0 spiro atoms. The molecule has 4 bridgehead atoms. The lowest BCUT2D eigenvalue weighted by Crippen LogP contribution is -2.67. The van der Waals surface area contributed by atoms with E-state index in [9.17, 15) is 0 Å². The van der Waals surface area contributed by atoms with E-state index in [2.05, 4.69) is 62.3 Å². The number of rotatable bonds is 4. The Morgan fingerprint density at radius 2 is 0.846 bits per heavy atom. The monoisotopic (exact) mass is 382 g/mol. The number of hydrogen-bond donors (Lipinski definition) is 0. The second-order valence-electron chi connectivity index (χ2n) is 12.4. The van der Waals surface area contributed by atoms with Gasteiger partial charge in [-0.05, 0) is 119 Å². The lowest BCUT2D eigenvalue weighted by Gasteiger charge is -2.62. The average Bonchev–Trinajstić information content (AvgIpc) is 2.29. The first-order valence-electron chi connectivity index (χ1n) is 10.7. The lowest BCUT2D eigenvalue weighted by atomic mass is 9.56. The van der Waals surface area contributed by atoms with Gasteiger partial charge in [-0.3, -0.25) is 0 Å². The zero-order chi connectivity index (χ0) is 19.6. The van der Waals surface area contributed by atoms with E-state index in [4.69, 9.17) is 13.3 Å². The van der Waals surface area contributed by atoms with Crippen LogP contribution >= 0.6 is 0 Å². The van der Waals surface area contributed by atoms with Gasteiger partial charge < -0.3 is 13.3 Å². The SMILES string of the molecule is CC(C)(C)O[Si](OC(C)(C)C)(OC(C)(C)C)C12CC3CC(CC(C3)C1)C2. The molecule has 4 heteroatoms. The van der Waals surface area contributed by atoms with Crippen LogP contribution in [0.1, 0.15) is 101 Å². The fourth-order valence-electron chi connectivity index (χ4n) is 6.08. The van der Waals surface area contributed by atoms with E-state index in [0.29, 0.717) is 0 Å². The van der Waals surface area contributed by atoms with Gasteiger partial charge in [0.1, 0.15) is 0 Å². The molecule has 0 aromatic rings. The van der Waals surface area contributed by atoms with Gasteiger partial charge in [-0.25, -0.2) is 0 Å². The first-order valence-corrected chi connectivity index (χ1v) is 12.4. The van der Waals surface area contributed by atoms with E-state index < -0.39 is 8.80 Å². The predicted molar refractivity (Wildman–Crippen MR) is 109 cm³/mol. The van der Waals surface area contributed by atoms with Crippen LogP contribution in [0.2, 0.25) is 5.04 Å². The number of hydrogen-bond acceptors (Lipinski definition) is 3. The molecule has 0 heterocycles. The summed E-state index contributed by atoms with van der Waals surface area (Å²) in [6.07, 6.45) is 7.99. The van der Waals surface area contributed by atoms with Gasteiger partial charge in [-0.15, -0.1) is 0 Å². The lowest BCUT2D eigenvalue weighted by molar-refractivity contribution is -0.116. The molecule has 0 N–H and O–H groups in total. The van der Waals surface area contributed by atoms with Crippen LogP contribution in [0, 0.1) is 17.8 Å². The molecule has 0 saturated heterocycles. The molecule has 4 saturated carbocycles. The van der Waals surface area contributed by atoms with E-state index in [1.807, 2.05) is 0 Å². The maximum Gasteiger partial charge on any atom is 0.508 e. The minimum Gasteiger partial charge on any atom is -0.368 e. The summed E-state index contributed by atoms with van der Waals surface area (Å²) >= 11 is 0. The van der Waals surface area contributed by atoms with Crippen molar-refractivity contribution in [1.29, 1.82) is 0 Å². The quantitative estimate of drug-likeness (QED) is 0.531. The maximum atomic E-state index is 6.96. The molecule has 0 amide bonds. The summed E-state index contributed by atoms with van der Waals surface area (Å²) in [5, 5.41) is 0.107. The molecule has 4 fully saturated rings. The third kappa shape index (κ3) is 4.39. The van der Waals surface area contributed by atoms with Crippen molar-refractivity contribution < 1.29 is 13.3 Å². The fourth-order valence-corrected chi connectivity index (χ4v) is 10.9. The van der Waals surface area contributed by atoms with Crippen molar-refractivity contribution >= 4 is 8.80 Å². The van der Waals surface area contributed by atoms with Gasteiger partial charge in [0.2, 0.25) is 0 Å². The van der Waals surface area contributed by atoms with Crippen LogP contribution in [0.5, 0.6) is 0 Å². The molecule has 0 aliphatic heterocycles. The maximum absolute atomic E-state index is 6.96. The van der Waals surface area contributed by atoms with Gasteiger partial charge in [0.15, 0.2) is 0 Å². The van der Waals surface area contributed by atoms with Gasteiger partial charge in [0, 0.05) is 5.04 Å². The van der Waals surface area contributed by atoms with Crippen molar-refractivity contribution in [2.75, 3.05) is 0 Å².